The number of nitrogens with zero attached hydrogens (tertiary/aromatic N) is 8. The highest BCUT2D eigenvalue weighted by molar-refractivity contribution is 5.86. The summed E-state index contributed by atoms with van der Waals surface area (Å²) < 4.78 is 14.8. The zero-order valence-corrected chi connectivity index (χ0v) is 23.3. The number of imidazole rings is 2. The van der Waals surface area contributed by atoms with Gasteiger partial charge in [0.25, 0.3) is 0 Å². The lowest BCUT2D eigenvalue weighted by molar-refractivity contribution is -0.157. The molecule has 0 amide bonds. The van der Waals surface area contributed by atoms with Gasteiger partial charge in [-0.2, -0.15) is 9.97 Å². The van der Waals surface area contributed by atoms with Crippen LogP contribution in [0.1, 0.15) is 32.4 Å². The van der Waals surface area contributed by atoms with E-state index in [0.717, 1.165) is 78.7 Å². The molecule has 11 heteroatoms. The minimum absolute atomic E-state index is 0.208. The Hall–Kier alpha value is -3.57. The number of rotatable bonds is 7. The average Bonchev–Trinajstić information content (AvgIpc) is 3.46. The van der Waals surface area contributed by atoms with Crippen molar-refractivity contribution in [3.63, 3.8) is 0 Å². The number of methoxy groups -OCH3 is 1. The largest absolute Gasteiger partial charge is 0.468 e. The minimum atomic E-state index is -0.633. The van der Waals surface area contributed by atoms with Crippen LogP contribution in [0.2, 0.25) is 0 Å². The molecule has 0 saturated carbocycles. The van der Waals surface area contributed by atoms with Gasteiger partial charge in [-0.05, 0) is 31.9 Å². The fourth-order valence-corrected chi connectivity index (χ4v) is 5.69. The number of morpholine rings is 1. The fraction of sp³-hybridized carbons (Fsp3) is 0.536. The van der Waals surface area contributed by atoms with Gasteiger partial charge in [-0.1, -0.05) is 19.1 Å². The summed E-state index contributed by atoms with van der Waals surface area (Å²) >= 11 is 0. The van der Waals surface area contributed by atoms with Gasteiger partial charge in [0.2, 0.25) is 5.95 Å². The van der Waals surface area contributed by atoms with Crippen molar-refractivity contribution in [1.29, 1.82) is 0 Å². The number of aromatic nitrogens is 6. The van der Waals surface area contributed by atoms with Crippen LogP contribution >= 0.6 is 0 Å². The van der Waals surface area contributed by atoms with E-state index in [-0.39, 0.29) is 5.97 Å². The number of aryl methyl sites for hydroxylation is 2. The van der Waals surface area contributed by atoms with Gasteiger partial charge in [0.05, 0.1) is 31.4 Å². The van der Waals surface area contributed by atoms with Crippen molar-refractivity contribution in [2.24, 2.45) is 13.0 Å². The normalized spacial score (nSPS) is 17.2. The van der Waals surface area contributed by atoms with Crippen LogP contribution in [0.15, 0.2) is 24.3 Å². The maximum absolute atomic E-state index is 12.2. The number of ether oxygens (including phenoxy) is 2. The molecule has 3 aromatic heterocycles. The van der Waals surface area contributed by atoms with Gasteiger partial charge < -0.3 is 18.9 Å². The van der Waals surface area contributed by atoms with Crippen LogP contribution in [0.5, 0.6) is 0 Å². The van der Waals surface area contributed by atoms with Gasteiger partial charge in [-0.15, -0.1) is 0 Å². The van der Waals surface area contributed by atoms with E-state index in [1.807, 2.05) is 39.1 Å². The zero-order chi connectivity index (χ0) is 27.3. The molecule has 0 aliphatic carbocycles. The van der Waals surface area contributed by atoms with Crippen molar-refractivity contribution in [1.82, 2.24) is 34.0 Å². The summed E-state index contributed by atoms with van der Waals surface area (Å²) in [5, 5.41) is 0. The Bertz CT molecular complexity index is 1530. The van der Waals surface area contributed by atoms with E-state index in [1.165, 1.54) is 7.11 Å². The summed E-state index contributed by atoms with van der Waals surface area (Å²) in [7, 11) is 3.48. The molecule has 11 nitrogen and oxygen atoms in total. The van der Waals surface area contributed by atoms with Crippen LogP contribution < -0.4 is 4.90 Å². The predicted octanol–water partition coefficient (Wildman–Crippen LogP) is 2.53. The maximum Gasteiger partial charge on any atom is 0.325 e. The topological polar surface area (TPSA) is 103 Å². The van der Waals surface area contributed by atoms with E-state index in [2.05, 4.69) is 31.9 Å². The van der Waals surface area contributed by atoms with Crippen molar-refractivity contribution in [3.05, 3.63) is 35.9 Å². The molecule has 39 heavy (non-hydrogen) atoms. The summed E-state index contributed by atoms with van der Waals surface area (Å²) in [6, 6.07) is 8.12. The van der Waals surface area contributed by atoms with Gasteiger partial charge in [-0.3, -0.25) is 14.3 Å². The smallest absolute Gasteiger partial charge is 0.325 e. The van der Waals surface area contributed by atoms with Gasteiger partial charge >= 0.3 is 5.97 Å². The van der Waals surface area contributed by atoms with Crippen LogP contribution in [0.25, 0.3) is 28.1 Å². The molecule has 2 aliphatic heterocycles. The van der Waals surface area contributed by atoms with E-state index < -0.39 is 5.54 Å². The highest BCUT2D eigenvalue weighted by Crippen LogP contribution is 2.32. The number of benzene rings is 1. The minimum Gasteiger partial charge on any atom is -0.468 e. The summed E-state index contributed by atoms with van der Waals surface area (Å²) in [5.41, 5.74) is 2.91. The molecule has 2 fully saturated rings. The third-order valence-corrected chi connectivity index (χ3v) is 8.14. The standard InChI is InChI=1S/C28H36N8O3/c1-6-21-29-19-9-7-8-10-20(19)36(21)27-31-24-23(25(32-27)34-11-13-39-14-12-34)30-22(33(24)4)15-18-16-35(17-18)28(2,3)26(37)38-5/h7-10,18H,6,11-17H2,1-5H3. The summed E-state index contributed by atoms with van der Waals surface area (Å²) in [4.78, 5) is 36.8. The van der Waals surface area contributed by atoms with Crippen molar-refractivity contribution in [2.75, 3.05) is 51.4 Å². The maximum atomic E-state index is 12.2. The molecule has 0 bridgehead atoms. The van der Waals surface area contributed by atoms with Crippen molar-refractivity contribution >= 4 is 34.0 Å². The van der Waals surface area contributed by atoms with E-state index >= 15 is 0 Å². The Labute approximate surface area is 227 Å². The number of hydrogen-bond acceptors (Lipinski definition) is 9. The molecule has 2 saturated heterocycles. The Morgan fingerprint density at radius 2 is 1.82 bits per heavy atom. The second-order valence-corrected chi connectivity index (χ2v) is 10.9. The summed E-state index contributed by atoms with van der Waals surface area (Å²) in [5.74, 6) is 3.53. The Morgan fingerprint density at radius 3 is 2.54 bits per heavy atom. The number of likely N-dealkylation sites (tertiary alicyclic amines) is 1. The second kappa shape index (κ2) is 9.87. The van der Waals surface area contributed by atoms with Gasteiger partial charge in [-0.25, -0.2) is 9.97 Å². The third kappa shape index (κ3) is 4.33. The van der Waals surface area contributed by atoms with Crippen LogP contribution in [0.3, 0.4) is 0 Å². The highest BCUT2D eigenvalue weighted by atomic mass is 16.5. The number of hydrogen-bond donors (Lipinski definition) is 0. The number of carbonyl (C=O) groups excluding carboxylic acids is 1. The molecule has 0 radical (unpaired) electrons. The first-order chi connectivity index (χ1) is 18.8. The quantitative estimate of drug-likeness (QED) is 0.332. The molecule has 5 heterocycles. The van der Waals surface area contributed by atoms with Crippen LogP contribution in [0, 0.1) is 5.92 Å². The highest BCUT2D eigenvalue weighted by Gasteiger charge is 2.43. The number of esters is 1. The predicted molar refractivity (Wildman–Crippen MR) is 148 cm³/mol. The van der Waals surface area contributed by atoms with E-state index in [4.69, 9.17) is 29.4 Å². The zero-order valence-electron chi connectivity index (χ0n) is 23.3. The molecule has 0 N–H and O–H groups in total. The van der Waals surface area contributed by atoms with E-state index in [9.17, 15) is 4.79 Å². The lowest BCUT2D eigenvalue weighted by Gasteiger charge is -2.47. The molecular weight excluding hydrogens is 496 g/mol. The molecule has 0 spiro atoms. The van der Waals surface area contributed by atoms with Crippen LogP contribution in [0.4, 0.5) is 5.82 Å². The van der Waals surface area contributed by atoms with Crippen molar-refractivity contribution in [3.8, 4) is 5.95 Å². The van der Waals surface area contributed by atoms with Crippen molar-refractivity contribution in [2.45, 2.75) is 39.2 Å². The number of para-hydroxylation sites is 2. The molecule has 6 rings (SSSR count). The summed E-state index contributed by atoms with van der Waals surface area (Å²) in [6.07, 6.45) is 1.56. The molecule has 0 atom stereocenters. The average molecular weight is 533 g/mol. The van der Waals surface area contributed by atoms with Gasteiger partial charge in [0.1, 0.15) is 17.2 Å². The molecule has 2 aliphatic rings. The lowest BCUT2D eigenvalue weighted by atomic mass is 9.89. The molecule has 1 aromatic carbocycles. The number of carbonyl (C=O) groups is 1. The fourth-order valence-electron chi connectivity index (χ4n) is 5.69. The third-order valence-electron chi connectivity index (χ3n) is 8.14. The summed E-state index contributed by atoms with van der Waals surface area (Å²) in [6.45, 7) is 10.4. The first-order valence-electron chi connectivity index (χ1n) is 13.7. The molecule has 4 aromatic rings. The number of fused-ring (bicyclic) bond motifs is 2. The van der Waals surface area contributed by atoms with Gasteiger partial charge in [0, 0.05) is 46.1 Å². The van der Waals surface area contributed by atoms with E-state index in [1.54, 1.807) is 0 Å². The monoisotopic (exact) mass is 532 g/mol. The van der Waals surface area contributed by atoms with Crippen molar-refractivity contribution < 1.29 is 14.3 Å². The molecular formula is C28H36N8O3. The Kier molecular flexibility index (Phi) is 6.50. The Morgan fingerprint density at radius 1 is 1.08 bits per heavy atom. The Balaban J connectivity index is 1.39. The van der Waals surface area contributed by atoms with Crippen LogP contribution in [-0.4, -0.2) is 92.0 Å². The molecule has 0 unspecified atom stereocenters. The first kappa shape index (κ1) is 25.7. The SMILES string of the molecule is CCc1nc2ccccc2n1-c1nc(N2CCOCC2)c2nc(CC3CN(C(C)(C)C(=O)OC)C3)n(C)c2n1. The van der Waals surface area contributed by atoms with Crippen LogP contribution in [-0.2, 0) is 34.2 Å². The number of anilines is 1. The first-order valence-corrected chi connectivity index (χ1v) is 13.7. The lowest BCUT2D eigenvalue weighted by Crippen LogP contribution is -2.61. The van der Waals surface area contributed by atoms with E-state index in [0.29, 0.717) is 25.1 Å². The second-order valence-electron chi connectivity index (χ2n) is 10.9. The van der Waals surface area contributed by atoms with Gasteiger partial charge in [0.15, 0.2) is 17.0 Å². The molecule has 206 valence electrons.